The molecule has 0 fully saturated rings. The van der Waals surface area contributed by atoms with Gasteiger partial charge in [-0.3, -0.25) is 0 Å². The zero-order chi connectivity index (χ0) is 8.81. The Morgan fingerprint density at radius 3 is 2.92 bits per heavy atom. The number of nitrogens with one attached hydrogen (secondary N) is 1. The van der Waals surface area contributed by atoms with Crippen molar-refractivity contribution >= 4 is 24.2 Å². The second-order valence-corrected chi connectivity index (χ2v) is 3.29. The van der Waals surface area contributed by atoms with Crippen LogP contribution in [0.2, 0.25) is 5.02 Å². The van der Waals surface area contributed by atoms with Crippen molar-refractivity contribution in [2.24, 2.45) is 0 Å². The van der Waals surface area contributed by atoms with Gasteiger partial charge in [-0.15, -0.1) is 0 Å². The quantitative estimate of drug-likeness (QED) is 0.433. The molecule has 0 aliphatic heterocycles. The SMILES string of the molecule is SCNCCc1cccc(Cl)c1. The molecule has 1 aromatic rings. The Kier molecular flexibility index (Phi) is 4.51. The van der Waals surface area contributed by atoms with Gasteiger partial charge in [-0.05, 0) is 30.7 Å². The lowest BCUT2D eigenvalue weighted by Gasteiger charge is -2.01. The summed E-state index contributed by atoms with van der Waals surface area (Å²) >= 11 is 9.87. The van der Waals surface area contributed by atoms with Crippen LogP contribution in [0.5, 0.6) is 0 Å². The second kappa shape index (κ2) is 5.46. The van der Waals surface area contributed by atoms with Crippen LogP contribution in [0.4, 0.5) is 0 Å². The van der Waals surface area contributed by atoms with Gasteiger partial charge in [-0.25, -0.2) is 0 Å². The van der Waals surface area contributed by atoms with Crippen molar-refractivity contribution in [2.45, 2.75) is 6.42 Å². The molecule has 3 heteroatoms. The number of thiol groups is 1. The molecule has 0 aromatic heterocycles. The standard InChI is InChI=1S/C9H12ClNS/c10-9-3-1-2-8(6-9)4-5-11-7-12/h1-3,6,11-12H,4-5,7H2. The lowest BCUT2D eigenvalue weighted by Crippen LogP contribution is -2.14. The van der Waals surface area contributed by atoms with Crippen LogP contribution in [0.15, 0.2) is 24.3 Å². The second-order valence-electron chi connectivity index (χ2n) is 2.54. The molecule has 0 saturated heterocycles. The molecule has 66 valence electrons. The Balaban J connectivity index is 2.41. The van der Waals surface area contributed by atoms with Crippen LogP contribution in [0.25, 0.3) is 0 Å². The van der Waals surface area contributed by atoms with Crippen LogP contribution in [0.1, 0.15) is 5.56 Å². The Morgan fingerprint density at radius 2 is 2.25 bits per heavy atom. The third-order valence-electron chi connectivity index (χ3n) is 1.59. The Bertz CT molecular complexity index is 240. The maximum Gasteiger partial charge on any atom is 0.0408 e. The fourth-order valence-corrected chi connectivity index (χ4v) is 1.38. The number of hydrogen-bond acceptors (Lipinski definition) is 2. The molecule has 0 unspecified atom stereocenters. The summed E-state index contributed by atoms with van der Waals surface area (Å²) in [6.45, 7) is 0.948. The highest BCUT2D eigenvalue weighted by atomic mass is 35.5. The van der Waals surface area contributed by atoms with Gasteiger partial charge >= 0.3 is 0 Å². The topological polar surface area (TPSA) is 12.0 Å². The van der Waals surface area contributed by atoms with E-state index in [4.69, 9.17) is 11.6 Å². The minimum absolute atomic E-state index is 0.723. The molecule has 0 radical (unpaired) electrons. The first kappa shape index (κ1) is 9.90. The molecule has 0 spiro atoms. The fourth-order valence-electron chi connectivity index (χ4n) is 1.00. The first-order valence-corrected chi connectivity index (χ1v) is 4.90. The summed E-state index contributed by atoms with van der Waals surface area (Å²) in [5.41, 5.74) is 1.26. The van der Waals surface area contributed by atoms with Gasteiger partial charge < -0.3 is 5.32 Å². The number of benzene rings is 1. The molecule has 0 saturated carbocycles. The van der Waals surface area contributed by atoms with E-state index in [1.165, 1.54) is 5.56 Å². The van der Waals surface area contributed by atoms with E-state index >= 15 is 0 Å². The van der Waals surface area contributed by atoms with Gasteiger partial charge in [0.15, 0.2) is 0 Å². The van der Waals surface area contributed by atoms with Gasteiger partial charge in [-0.2, -0.15) is 12.6 Å². The molecule has 0 heterocycles. The van der Waals surface area contributed by atoms with Gasteiger partial charge in [0.1, 0.15) is 0 Å². The summed E-state index contributed by atoms with van der Waals surface area (Å²) in [4.78, 5) is 0. The maximum absolute atomic E-state index is 5.82. The van der Waals surface area contributed by atoms with Gasteiger partial charge in [-0.1, -0.05) is 23.7 Å². The Morgan fingerprint density at radius 1 is 1.42 bits per heavy atom. The molecule has 1 aromatic carbocycles. The number of rotatable bonds is 4. The normalized spacial score (nSPS) is 10.2. The third-order valence-corrected chi connectivity index (χ3v) is 2.05. The predicted molar refractivity (Wildman–Crippen MR) is 57.0 cm³/mol. The molecule has 1 N–H and O–H groups in total. The van der Waals surface area contributed by atoms with E-state index in [0.717, 1.165) is 23.9 Å². The average Bonchev–Trinajstić information content (AvgIpc) is 2.05. The first-order chi connectivity index (χ1) is 5.83. The van der Waals surface area contributed by atoms with Crippen molar-refractivity contribution in [3.05, 3.63) is 34.9 Å². The summed E-state index contributed by atoms with van der Waals surface area (Å²) in [5.74, 6) is 0.723. The summed E-state index contributed by atoms with van der Waals surface area (Å²) in [6.07, 6.45) is 1.00. The van der Waals surface area contributed by atoms with Gasteiger partial charge in [0.25, 0.3) is 0 Å². The molecule has 0 atom stereocenters. The monoisotopic (exact) mass is 201 g/mol. The highest BCUT2D eigenvalue weighted by Crippen LogP contribution is 2.10. The van der Waals surface area contributed by atoms with Crippen LogP contribution >= 0.6 is 24.2 Å². The summed E-state index contributed by atoms with van der Waals surface area (Å²) < 4.78 is 0. The summed E-state index contributed by atoms with van der Waals surface area (Å²) in [7, 11) is 0. The minimum atomic E-state index is 0.723. The average molecular weight is 202 g/mol. The van der Waals surface area contributed by atoms with Crippen molar-refractivity contribution in [3.8, 4) is 0 Å². The highest BCUT2D eigenvalue weighted by molar-refractivity contribution is 7.80. The first-order valence-electron chi connectivity index (χ1n) is 3.89. The van der Waals surface area contributed by atoms with Crippen LogP contribution in [0, 0.1) is 0 Å². The lowest BCUT2D eigenvalue weighted by molar-refractivity contribution is 0.776. The number of halogens is 1. The molecule has 0 aliphatic carbocycles. The number of hydrogen-bond donors (Lipinski definition) is 2. The third kappa shape index (κ3) is 3.48. The fraction of sp³-hybridized carbons (Fsp3) is 0.333. The molecular formula is C9H12ClNS. The Labute approximate surface area is 83.5 Å². The smallest absolute Gasteiger partial charge is 0.0408 e. The molecule has 1 nitrogen and oxygen atoms in total. The molecule has 1 rings (SSSR count). The highest BCUT2D eigenvalue weighted by Gasteiger charge is 1.92. The van der Waals surface area contributed by atoms with Crippen molar-refractivity contribution < 1.29 is 0 Å². The minimum Gasteiger partial charge on any atom is -0.308 e. The summed E-state index contributed by atoms with van der Waals surface area (Å²) in [5, 5.41) is 3.94. The zero-order valence-electron chi connectivity index (χ0n) is 6.76. The predicted octanol–water partition coefficient (Wildman–Crippen LogP) is 2.36. The van der Waals surface area contributed by atoms with E-state index in [-0.39, 0.29) is 0 Å². The van der Waals surface area contributed by atoms with Crippen LogP contribution in [0.3, 0.4) is 0 Å². The van der Waals surface area contributed by atoms with Crippen molar-refractivity contribution in [2.75, 3.05) is 12.4 Å². The van der Waals surface area contributed by atoms with E-state index < -0.39 is 0 Å². The molecule has 0 bridgehead atoms. The van der Waals surface area contributed by atoms with Gasteiger partial charge in [0, 0.05) is 10.9 Å². The molecule has 0 aliphatic rings. The van der Waals surface area contributed by atoms with Gasteiger partial charge in [0.2, 0.25) is 0 Å². The van der Waals surface area contributed by atoms with E-state index in [1.54, 1.807) is 0 Å². The van der Waals surface area contributed by atoms with Gasteiger partial charge in [0.05, 0.1) is 0 Å². The van der Waals surface area contributed by atoms with Crippen LogP contribution < -0.4 is 5.32 Å². The molecule has 12 heavy (non-hydrogen) atoms. The molecular weight excluding hydrogens is 190 g/mol. The van der Waals surface area contributed by atoms with E-state index in [2.05, 4.69) is 24.0 Å². The van der Waals surface area contributed by atoms with Crippen molar-refractivity contribution in [3.63, 3.8) is 0 Å². The van der Waals surface area contributed by atoms with E-state index in [1.807, 2.05) is 18.2 Å². The molecule has 0 amide bonds. The van der Waals surface area contributed by atoms with Crippen molar-refractivity contribution in [1.82, 2.24) is 5.32 Å². The summed E-state index contributed by atoms with van der Waals surface area (Å²) in [6, 6.07) is 7.92. The lowest BCUT2D eigenvalue weighted by atomic mass is 10.1. The van der Waals surface area contributed by atoms with Crippen LogP contribution in [-0.2, 0) is 6.42 Å². The Hall–Kier alpha value is -0.180. The van der Waals surface area contributed by atoms with E-state index in [9.17, 15) is 0 Å². The van der Waals surface area contributed by atoms with Crippen molar-refractivity contribution in [1.29, 1.82) is 0 Å². The van der Waals surface area contributed by atoms with Crippen LogP contribution in [-0.4, -0.2) is 12.4 Å². The maximum atomic E-state index is 5.82. The largest absolute Gasteiger partial charge is 0.308 e. The van der Waals surface area contributed by atoms with E-state index in [0.29, 0.717) is 0 Å². The zero-order valence-corrected chi connectivity index (χ0v) is 8.41.